The number of carboxylic acid groups (broad SMARTS) is 1. The third-order valence-corrected chi connectivity index (χ3v) is 1.77. The summed E-state index contributed by atoms with van der Waals surface area (Å²) in [5.41, 5.74) is 0. The van der Waals surface area contributed by atoms with Gasteiger partial charge in [-0.3, -0.25) is 4.79 Å². The second kappa shape index (κ2) is 3.02. The molecule has 1 unspecified atom stereocenters. The molecule has 3 nitrogen and oxygen atoms in total. The van der Waals surface area contributed by atoms with Gasteiger partial charge in [0, 0.05) is 5.16 Å². The van der Waals surface area contributed by atoms with Crippen molar-refractivity contribution in [1.82, 2.24) is 0 Å². The Morgan fingerprint density at radius 3 is 2.22 bits per heavy atom. The standard InChI is InChI=1S/C5H11O3P/c1-5(2,9-8)3-4(6)7/h3,9H2,1-2H3,(H,6,7). The van der Waals surface area contributed by atoms with Gasteiger partial charge in [-0.25, -0.2) is 0 Å². The second-order valence-corrected chi connectivity index (χ2v) is 4.48. The highest BCUT2D eigenvalue weighted by atomic mass is 31.1. The number of rotatable bonds is 3. The Bertz CT molecular complexity index is 130. The van der Waals surface area contributed by atoms with Crippen molar-refractivity contribution >= 4 is 14.4 Å². The maximum absolute atomic E-state index is 10.3. The maximum Gasteiger partial charge on any atom is 0.304 e. The van der Waals surface area contributed by atoms with Crippen LogP contribution in [0.15, 0.2) is 0 Å². The lowest BCUT2D eigenvalue weighted by atomic mass is 10.1. The number of hydrogen-bond acceptors (Lipinski definition) is 2. The molecule has 0 aromatic heterocycles. The Labute approximate surface area is 55.3 Å². The number of hydrogen-bond donors (Lipinski definition) is 1. The van der Waals surface area contributed by atoms with Crippen LogP contribution in [0.5, 0.6) is 0 Å². The van der Waals surface area contributed by atoms with E-state index in [2.05, 4.69) is 0 Å². The first-order chi connectivity index (χ1) is 3.98. The van der Waals surface area contributed by atoms with Crippen molar-refractivity contribution < 1.29 is 14.5 Å². The van der Waals surface area contributed by atoms with Crippen molar-refractivity contribution in [3.05, 3.63) is 0 Å². The van der Waals surface area contributed by atoms with E-state index < -0.39 is 19.6 Å². The zero-order chi connectivity index (χ0) is 7.49. The van der Waals surface area contributed by atoms with E-state index in [1.807, 2.05) is 0 Å². The van der Waals surface area contributed by atoms with Gasteiger partial charge in [-0.1, -0.05) is 13.8 Å². The van der Waals surface area contributed by atoms with Crippen LogP contribution in [0.4, 0.5) is 0 Å². The van der Waals surface area contributed by atoms with E-state index in [0.717, 1.165) is 0 Å². The molecule has 0 aromatic carbocycles. The molecular weight excluding hydrogens is 139 g/mol. The van der Waals surface area contributed by atoms with E-state index in [-0.39, 0.29) is 6.42 Å². The van der Waals surface area contributed by atoms with E-state index in [4.69, 9.17) is 5.11 Å². The molecule has 0 spiro atoms. The molecule has 0 rings (SSSR count). The summed E-state index contributed by atoms with van der Waals surface area (Å²) >= 11 is 0. The summed E-state index contributed by atoms with van der Waals surface area (Å²) in [5, 5.41) is 7.75. The summed E-state index contributed by atoms with van der Waals surface area (Å²) in [4.78, 5) is 10.0. The van der Waals surface area contributed by atoms with Gasteiger partial charge in [0.2, 0.25) is 0 Å². The van der Waals surface area contributed by atoms with Crippen LogP contribution in [-0.2, 0) is 9.36 Å². The van der Waals surface area contributed by atoms with Crippen molar-refractivity contribution in [3.8, 4) is 0 Å². The van der Waals surface area contributed by atoms with Crippen molar-refractivity contribution in [1.29, 1.82) is 0 Å². The molecule has 0 aliphatic heterocycles. The van der Waals surface area contributed by atoms with Gasteiger partial charge >= 0.3 is 5.97 Å². The molecule has 0 amide bonds. The summed E-state index contributed by atoms with van der Waals surface area (Å²) in [7, 11) is -0.993. The topological polar surface area (TPSA) is 54.4 Å². The predicted molar refractivity (Wildman–Crippen MR) is 36.7 cm³/mol. The van der Waals surface area contributed by atoms with Crippen LogP contribution in [0.2, 0.25) is 0 Å². The molecule has 0 aliphatic carbocycles. The highest BCUT2D eigenvalue weighted by Crippen LogP contribution is 2.24. The molecule has 0 radical (unpaired) electrons. The van der Waals surface area contributed by atoms with E-state index >= 15 is 0 Å². The van der Waals surface area contributed by atoms with Gasteiger partial charge in [0.1, 0.15) is 0 Å². The van der Waals surface area contributed by atoms with Crippen LogP contribution in [0, 0.1) is 0 Å². The first-order valence-electron chi connectivity index (χ1n) is 2.66. The first-order valence-corrected chi connectivity index (χ1v) is 3.71. The minimum absolute atomic E-state index is 0.00810. The average molecular weight is 150 g/mol. The fourth-order valence-electron chi connectivity index (χ4n) is 0.431. The molecule has 1 atom stereocenters. The SMILES string of the molecule is CC(C)(CC(=O)O)[PH2]=O. The van der Waals surface area contributed by atoms with E-state index in [1.165, 1.54) is 0 Å². The summed E-state index contributed by atoms with van der Waals surface area (Å²) < 4.78 is 10.3. The van der Waals surface area contributed by atoms with Gasteiger partial charge in [-0.15, -0.1) is 0 Å². The van der Waals surface area contributed by atoms with Crippen molar-refractivity contribution in [3.63, 3.8) is 0 Å². The van der Waals surface area contributed by atoms with Gasteiger partial charge in [0.15, 0.2) is 0 Å². The van der Waals surface area contributed by atoms with Gasteiger partial charge in [0.25, 0.3) is 0 Å². The zero-order valence-electron chi connectivity index (χ0n) is 5.55. The van der Waals surface area contributed by atoms with Crippen LogP contribution < -0.4 is 0 Å². The molecule has 1 N–H and O–H groups in total. The quantitative estimate of drug-likeness (QED) is 0.610. The first kappa shape index (κ1) is 8.70. The highest BCUT2D eigenvalue weighted by molar-refractivity contribution is 7.26. The lowest BCUT2D eigenvalue weighted by Gasteiger charge is -2.12. The third kappa shape index (κ3) is 4.22. The molecule has 0 bridgehead atoms. The monoisotopic (exact) mass is 150 g/mol. The van der Waals surface area contributed by atoms with E-state index in [1.54, 1.807) is 13.8 Å². The molecular formula is C5H11O3P. The summed E-state index contributed by atoms with van der Waals surface area (Å²) in [6.45, 7) is 3.37. The third-order valence-electron chi connectivity index (χ3n) is 0.926. The minimum Gasteiger partial charge on any atom is -0.481 e. The van der Waals surface area contributed by atoms with Gasteiger partial charge in [-0.2, -0.15) is 0 Å². The van der Waals surface area contributed by atoms with Crippen molar-refractivity contribution in [2.45, 2.75) is 25.4 Å². The Hall–Kier alpha value is -0.300. The summed E-state index contributed by atoms with van der Waals surface area (Å²) in [6.07, 6.45) is -0.00810. The Morgan fingerprint density at radius 1 is 1.67 bits per heavy atom. The van der Waals surface area contributed by atoms with Crippen LogP contribution >= 0.6 is 8.46 Å². The molecule has 0 aromatic rings. The normalized spacial score (nSPS) is 12.7. The number of carboxylic acids is 1. The van der Waals surface area contributed by atoms with Crippen LogP contribution in [0.25, 0.3) is 0 Å². The summed E-state index contributed by atoms with van der Waals surface area (Å²) in [6, 6.07) is 0. The Morgan fingerprint density at radius 2 is 2.11 bits per heavy atom. The minimum atomic E-state index is -0.993. The molecule has 9 heavy (non-hydrogen) atoms. The Kier molecular flexibility index (Phi) is 2.92. The molecule has 0 aliphatic rings. The van der Waals surface area contributed by atoms with Crippen LogP contribution in [0.1, 0.15) is 20.3 Å². The van der Waals surface area contributed by atoms with Crippen molar-refractivity contribution in [2.75, 3.05) is 0 Å². The van der Waals surface area contributed by atoms with Crippen molar-refractivity contribution in [2.24, 2.45) is 0 Å². The number of carbonyl (C=O) groups is 1. The van der Waals surface area contributed by atoms with Crippen LogP contribution in [0.3, 0.4) is 0 Å². The Balaban J connectivity index is 3.86. The largest absolute Gasteiger partial charge is 0.481 e. The second-order valence-electron chi connectivity index (χ2n) is 2.68. The molecule has 4 heteroatoms. The fourth-order valence-corrected chi connectivity index (χ4v) is 0.689. The lowest BCUT2D eigenvalue weighted by molar-refractivity contribution is -0.137. The lowest BCUT2D eigenvalue weighted by Crippen LogP contribution is -2.16. The van der Waals surface area contributed by atoms with Gasteiger partial charge in [-0.05, 0) is 0 Å². The fraction of sp³-hybridized carbons (Fsp3) is 0.800. The maximum atomic E-state index is 10.3. The molecule has 0 fully saturated rings. The smallest absolute Gasteiger partial charge is 0.304 e. The zero-order valence-corrected chi connectivity index (χ0v) is 6.70. The molecule has 0 saturated carbocycles. The average Bonchev–Trinajstić information content (AvgIpc) is 1.63. The van der Waals surface area contributed by atoms with Gasteiger partial charge in [0.05, 0.1) is 14.9 Å². The number of aliphatic carboxylic acids is 1. The molecule has 0 saturated heterocycles. The highest BCUT2D eigenvalue weighted by Gasteiger charge is 2.18. The molecule has 0 heterocycles. The predicted octanol–water partition coefficient (Wildman–Crippen LogP) is 0.996. The van der Waals surface area contributed by atoms with E-state index in [0.29, 0.717) is 0 Å². The molecule has 54 valence electrons. The van der Waals surface area contributed by atoms with E-state index in [9.17, 15) is 9.36 Å². The summed E-state index contributed by atoms with van der Waals surface area (Å²) in [5.74, 6) is -0.886. The van der Waals surface area contributed by atoms with Gasteiger partial charge < -0.3 is 9.67 Å². The van der Waals surface area contributed by atoms with Crippen LogP contribution in [-0.4, -0.2) is 16.2 Å².